The lowest BCUT2D eigenvalue weighted by Gasteiger charge is -2.04. The van der Waals surface area contributed by atoms with Crippen LogP contribution >= 0.6 is 22.9 Å². The van der Waals surface area contributed by atoms with Crippen LogP contribution in [0.5, 0.6) is 0 Å². The van der Waals surface area contributed by atoms with E-state index in [2.05, 4.69) is 47.6 Å². The zero-order valence-electron chi connectivity index (χ0n) is 14.6. The van der Waals surface area contributed by atoms with Gasteiger partial charge in [0.2, 0.25) is 0 Å². The molecule has 1 aromatic heterocycles. The zero-order valence-corrected chi connectivity index (χ0v) is 16.2. The number of benzene rings is 2. The van der Waals surface area contributed by atoms with Gasteiger partial charge in [-0.05, 0) is 36.6 Å². The molecular formula is C21H18ClN3S. The van der Waals surface area contributed by atoms with Gasteiger partial charge in [0.1, 0.15) is 16.6 Å². The molecule has 3 aromatic rings. The Bertz CT molecular complexity index is 981. The zero-order chi connectivity index (χ0) is 18.5. The molecule has 0 fully saturated rings. The van der Waals surface area contributed by atoms with Crippen molar-refractivity contribution < 1.29 is 0 Å². The van der Waals surface area contributed by atoms with Crippen LogP contribution in [-0.2, 0) is 6.42 Å². The van der Waals surface area contributed by atoms with Crippen molar-refractivity contribution in [2.24, 2.45) is 0 Å². The maximum absolute atomic E-state index is 9.49. The molecule has 0 unspecified atom stereocenters. The molecule has 130 valence electrons. The minimum Gasteiger partial charge on any atom is -0.360 e. The van der Waals surface area contributed by atoms with Crippen LogP contribution in [0.4, 0.5) is 5.69 Å². The van der Waals surface area contributed by atoms with E-state index in [4.69, 9.17) is 11.6 Å². The van der Waals surface area contributed by atoms with E-state index in [1.807, 2.05) is 30.5 Å². The first-order chi connectivity index (χ1) is 12.6. The summed E-state index contributed by atoms with van der Waals surface area (Å²) in [7, 11) is 0. The van der Waals surface area contributed by atoms with Crippen molar-refractivity contribution in [1.82, 2.24) is 4.98 Å². The molecule has 5 heteroatoms. The van der Waals surface area contributed by atoms with Gasteiger partial charge in [0.15, 0.2) is 0 Å². The van der Waals surface area contributed by atoms with Gasteiger partial charge in [0, 0.05) is 27.9 Å². The van der Waals surface area contributed by atoms with E-state index in [1.165, 1.54) is 16.9 Å². The lowest BCUT2D eigenvalue weighted by molar-refractivity contribution is 1.14. The van der Waals surface area contributed by atoms with E-state index in [0.29, 0.717) is 15.6 Å². The SMILES string of the molecule is CCc1ccc(-c2csc(/C(C#N)=C/Nc3ccc(C)c(Cl)c3)n2)cc1. The Morgan fingerprint density at radius 1 is 1.27 bits per heavy atom. The van der Waals surface area contributed by atoms with Crippen molar-refractivity contribution in [3.63, 3.8) is 0 Å². The maximum Gasteiger partial charge on any atom is 0.136 e. The van der Waals surface area contributed by atoms with Crippen molar-refractivity contribution in [3.05, 3.63) is 75.2 Å². The lowest BCUT2D eigenvalue weighted by Crippen LogP contribution is -1.91. The third-order valence-electron chi connectivity index (χ3n) is 4.07. The van der Waals surface area contributed by atoms with Crippen LogP contribution in [-0.4, -0.2) is 4.98 Å². The normalized spacial score (nSPS) is 11.2. The van der Waals surface area contributed by atoms with Gasteiger partial charge in [0.25, 0.3) is 0 Å². The molecule has 0 aliphatic heterocycles. The van der Waals surface area contributed by atoms with Gasteiger partial charge in [0.05, 0.1) is 5.69 Å². The molecule has 3 rings (SSSR count). The number of halogens is 1. The van der Waals surface area contributed by atoms with Crippen LogP contribution in [0, 0.1) is 18.3 Å². The third kappa shape index (κ3) is 4.13. The molecule has 1 N–H and O–H groups in total. The van der Waals surface area contributed by atoms with E-state index in [9.17, 15) is 5.26 Å². The Morgan fingerprint density at radius 2 is 2.04 bits per heavy atom. The summed E-state index contributed by atoms with van der Waals surface area (Å²) in [5, 5.41) is 16.0. The van der Waals surface area contributed by atoms with Gasteiger partial charge >= 0.3 is 0 Å². The monoisotopic (exact) mass is 379 g/mol. The number of nitrogens with one attached hydrogen (secondary N) is 1. The second-order valence-electron chi connectivity index (χ2n) is 5.87. The quantitative estimate of drug-likeness (QED) is 0.528. The standard InChI is InChI=1S/C21H18ClN3S/c1-3-15-5-7-16(8-6-15)20-13-26-21(25-20)17(11-23)12-24-18-9-4-14(2)19(22)10-18/h4-10,12-13,24H,3H2,1-2H3/b17-12+. The second kappa shape index (κ2) is 8.18. The van der Waals surface area contributed by atoms with E-state index >= 15 is 0 Å². The number of nitrogens with zero attached hydrogens (tertiary/aromatic N) is 2. The molecule has 26 heavy (non-hydrogen) atoms. The number of aryl methyl sites for hydroxylation is 2. The fraction of sp³-hybridized carbons (Fsp3) is 0.143. The number of nitriles is 1. The summed E-state index contributed by atoms with van der Waals surface area (Å²) in [5.74, 6) is 0. The number of rotatable bonds is 5. The molecule has 0 saturated heterocycles. The first-order valence-corrected chi connectivity index (χ1v) is 9.54. The fourth-order valence-corrected chi connectivity index (χ4v) is 3.40. The average molecular weight is 380 g/mol. The lowest BCUT2D eigenvalue weighted by atomic mass is 10.1. The summed E-state index contributed by atoms with van der Waals surface area (Å²) in [4.78, 5) is 4.61. The smallest absolute Gasteiger partial charge is 0.136 e. The van der Waals surface area contributed by atoms with Crippen molar-refractivity contribution in [2.45, 2.75) is 20.3 Å². The Labute approximate surface area is 162 Å². The van der Waals surface area contributed by atoms with Crippen LogP contribution < -0.4 is 5.32 Å². The molecular weight excluding hydrogens is 362 g/mol. The van der Waals surface area contributed by atoms with Gasteiger partial charge < -0.3 is 5.32 Å². The summed E-state index contributed by atoms with van der Waals surface area (Å²) in [6.45, 7) is 4.08. The predicted molar refractivity (Wildman–Crippen MR) is 110 cm³/mol. The van der Waals surface area contributed by atoms with Gasteiger partial charge in [-0.15, -0.1) is 11.3 Å². The number of thiazole rings is 1. The second-order valence-corrected chi connectivity index (χ2v) is 7.13. The Morgan fingerprint density at radius 3 is 2.69 bits per heavy atom. The van der Waals surface area contributed by atoms with Crippen molar-refractivity contribution in [3.8, 4) is 17.3 Å². The van der Waals surface area contributed by atoms with Gasteiger partial charge in [-0.3, -0.25) is 0 Å². The third-order valence-corrected chi connectivity index (χ3v) is 5.35. The van der Waals surface area contributed by atoms with Crippen LogP contribution in [0.25, 0.3) is 16.8 Å². The maximum atomic E-state index is 9.49. The molecule has 0 aliphatic carbocycles. The minimum atomic E-state index is 0.489. The molecule has 0 saturated carbocycles. The highest BCUT2D eigenvalue weighted by molar-refractivity contribution is 7.11. The van der Waals surface area contributed by atoms with Gasteiger partial charge in [-0.25, -0.2) is 4.98 Å². The van der Waals surface area contributed by atoms with Gasteiger partial charge in [-0.1, -0.05) is 48.9 Å². The van der Waals surface area contributed by atoms with E-state index in [0.717, 1.165) is 28.9 Å². The summed E-state index contributed by atoms with van der Waals surface area (Å²) in [6, 6.07) is 16.3. The van der Waals surface area contributed by atoms with Crippen LogP contribution in [0.15, 0.2) is 54.0 Å². The molecule has 0 bridgehead atoms. The van der Waals surface area contributed by atoms with Crippen LogP contribution in [0.3, 0.4) is 0 Å². The number of hydrogen-bond acceptors (Lipinski definition) is 4. The molecule has 1 heterocycles. The topological polar surface area (TPSA) is 48.7 Å². The predicted octanol–water partition coefficient (Wildman–Crippen LogP) is 6.31. The largest absolute Gasteiger partial charge is 0.360 e. The number of aromatic nitrogens is 1. The van der Waals surface area contributed by atoms with Crippen LogP contribution in [0.2, 0.25) is 5.02 Å². The fourth-order valence-electron chi connectivity index (χ4n) is 2.42. The summed E-state index contributed by atoms with van der Waals surface area (Å²) < 4.78 is 0. The number of allylic oxidation sites excluding steroid dienone is 1. The first kappa shape index (κ1) is 18.2. The highest BCUT2D eigenvalue weighted by atomic mass is 35.5. The highest BCUT2D eigenvalue weighted by Gasteiger charge is 2.09. The van der Waals surface area contributed by atoms with Crippen molar-refractivity contribution in [1.29, 1.82) is 5.26 Å². The molecule has 0 amide bonds. The Hall–Kier alpha value is -2.61. The van der Waals surface area contributed by atoms with E-state index in [1.54, 1.807) is 6.20 Å². The molecule has 2 aromatic carbocycles. The number of anilines is 1. The highest BCUT2D eigenvalue weighted by Crippen LogP contribution is 2.27. The summed E-state index contributed by atoms with van der Waals surface area (Å²) >= 11 is 7.60. The van der Waals surface area contributed by atoms with E-state index < -0.39 is 0 Å². The molecule has 3 nitrogen and oxygen atoms in total. The minimum absolute atomic E-state index is 0.489. The average Bonchev–Trinajstić information content (AvgIpc) is 3.15. The first-order valence-electron chi connectivity index (χ1n) is 8.29. The van der Waals surface area contributed by atoms with E-state index in [-0.39, 0.29) is 0 Å². The molecule has 0 aliphatic rings. The molecule has 0 atom stereocenters. The molecule has 0 radical (unpaired) electrons. The van der Waals surface area contributed by atoms with Crippen LogP contribution in [0.1, 0.15) is 23.1 Å². The summed E-state index contributed by atoms with van der Waals surface area (Å²) in [6.07, 6.45) is 2.68. The van der Waals surface area contributed by atoms with Crippen molar-refractivity contribution >= 4 is 34.2 Å². The number of hydrogen-bond donors (Lipinski definition) is 1. The molecule has 0 spiro atoms. The Kier molecular flexibility index (Phi) is 5.72. The Balaban J connectivity index is 1.81. The van der Waals surface area contributed by atoms with Crippen molar-refractivity contribution in [2.75, 3.05) is 5.32 Å². The van der Waals surface area contributed by atoms with Gasteiger partial charge in [-0.2, -0.15) is 5.26 Å². The summed E-state index contributed by atoms with van der Waals surface area (Å²) in [5.41, 5.74) is 5.57.